The quantitative estimate of drug-likeness (QED) is 0.702. The van der Waals surface area contributed by atoms with Crippen LogP contribution in [0.5, 0.6) is 0 Å². The summed E-state index contributed by atoms with van der Waals surface area (Å²) in [7, 11) is 0. The summed E-state index contributed by atoms with van der Waals surface area (Å²) in [6.07, 6.45) is 0. The van der Waals surface area contributed by atoms with E-state index in [0.29, 0.717) is 0 Å². The summed E-state index contributed by atoms with van der Waals surface area (Å²) in [6.45, 7) is 8.39. The summed E-state index contributed by atoms with van der Waals surface area (Å²) in [5, 5.41) is 0. The van der Waals surface area contributed by atoms with Crippen LogP contribution < -0.4 is 5.56 Å². The Kier molecular flexibility index (Phi) is 2.86. The number of hydrogen-bond acceptors (Lipinski definition) is 2. The topological polar surface area (TPSA) is 32.9 Å². The van der Waals surface area contributed by atoms with E-state index in [-0.39, 0.29) is 10.3 Å². The molecule has 0 aliphatic rings. The third-order valence-corrected chi connectivity index (χ3v) is 2.76. The molecule has 0 saturated heterocycles. The lowest BCUT2D eigenvalue weighted by Gasteiger charge is -2.18. The van der Waals surface area contributed by atoms with Crippen molar-refractivity contribution in [3.05, 3.63) is 28.2 Å². The molecule has 1 rings (SSSR count). The van der Waals surface area contributed by atoms with Crippen LogP contribution in [-0.4, -0.2) is 9.73 Å². The number of pyridine rings is 1. The predicted octanol–water partition coefficient (Wildman–Crippen LogP) is 2.57. The van der Waals surface area contributed by atoms with Gasteiger partial charge in [0, 0.05) is 21.4 Å². The normalized spacial score (nSPS) is 11.7. The minimum absolute atomic E-state index is 0.0317. The number of hydrogen-bond donors (Lipinski definition) is 1. The molecule has 1 aromatic heterocycles. The third-order valence-electron chi connectivity index (χ3n) is 1.48. The summed E-state index contributed by atoms with van der Waals surface area (Å²) < 4.78 is 0.184. The Labute approximate surface area is 82.8 Å². The zero-order chi connectivity index (χ0) is 10.1. The average molecular weight is 197 g/mol. The fourth-order valence-electron chi connectivity index (χ4n) is 1.00. The van der Waals surface area contributed by atoms with Crippen LogP contribution in [0.15, 0.2) is 21.8 Å². The summed E-state index contributed by atoms with van der Waals surface area (Å²) in [4.78, 5) is 14.9. The predicted molar refractivity (Wildman–Crippen MR) is 57.4 cm³/mol. The molecular formula is C10H15NOS. The molecule has 0 spiro atoms. The molecular weight excluding hydrogens is 182 g/mol. The molecule has 0 aliphatic carbocycles. The summed E-state index contributed by atoms with van der Waals surface area (Å²) in [5.74, 6) is 0. The monoisotopic (exact) mass is 197 g/mol. The molecule has 0 fully saturated rings. The molecule has 72 valence electrons. The van der Waals surface area contributed by atoms with Crippen molar-refractivity contribution in [2.45, 2.75) is 37.3 Å². The van der Waals surface area contributed by atoms with Gasteiger partial charge in [0.05, 0.1) is 0 Å². The molecule has 2 nitrogen and oxygen atoms in total. The van der Waals surface area contributed by atoms with E-state index in [1.165, 1.54) is 0 Å². The van der Waals surface area contributed by atoms with Gasteiger partial charge in [-0.15, -0.1) is 11.8 Å². The van der Waals surface area contributed by atoms with Crippen LogP contribution in [0.4, 0.5) is 0 Å². The van der Waals surface area contributed by atoms with Gasteiger partial charge >= 0.3 is 0 Å². The van der Waals surface area contributed by atoms with Crippen LogP contribution in [0, 0.1) is 6.92 Å². The number of aromatic amines is 1. The molecule has 0 atom stereocenters. The van der Waals surface area contributed by atoms with E-state index in [2.05, 4.69) is 25.8 Å². The van der Waals surface area contributed by atoms with E-state index in [1.807, 2.05) is 13.0 Å². The van der Waals surface area contributed by atoms with Gasteiger partial charge in [0.2, 0.25) is 5.56 Å². The summed E-state index contributed by atoms with van der Waals surface area (Å²) in [5.41, 5.74) is 0.920. The molecule has 0 amide bonds. The van der Waals surface area contributed by atoms with Crippen LogP contribution in [0.3, 0.4) is 0 Å². The van der Waals surface area contributed by atoms with Gasteiger partial charge in [0.25, 0.3) is 0 Å². The zero-order valence-corrected chi connectivity index (χ0v) is 9.29. The van der Waals surface area contributed by atoms with Crippen LogP contribution in [0.1, 0.15) is 26.5 Å². The van der Waals surface area contributed by atoms with Gasteiger partial charge in [-0.1, -0.05) is 20.8 Å². The summed E-state index contributed by atoms with van der Waals surface area (Å²) >= 11 is 1.77. The van der Waals surface area contributed by atoms with Crippen molar-refractivity contribution in [3.63, 3.8) is 0 Å². The van der Waals surface area contributed by atoms with Crippen molar-refractivity contribution in [3.8, 4) is 0 Å². The van der Waals surface area contributed by atoms with E-state index >= 15 is 0 Å². The number of nitrogens with one attached hydrogen (secondary N) is 1. The van der Waals surface area contributed by atoms with Crippen LogP contribution in [0.25, 0.3) is 0 Å². The lowest BCUT2D eigenvalue weighted by molar-refractivity contribution is 0.801. The highest BCUT2D eigenvalue weighted by atomic mass is 32.2. The van der Waals surface area contributed by atoms with E-state index in [4.69, 9.17) is 0 Å². The Hall–Kier alpha value is -0.700. The first-order valence-electron chi connectivity index (χ1n) is 4.27. The molecule has 0 saturated carbocycles. The number of H-pyrrole nitrogens is 1. The van der Waals surface area contributed by atoms with Crippen LogP contribution in [-0.2, 0) is 0 Å². The third kappa shape index (κ3) is 3.27. The second kappa shape index (κ2) is 3.58. The maximum Gasteiger partial charge on any atom is 0.248 e. The van der Waals surface area contributed by atoms with E-state index < -0.39 is 0 Å². The molecule has 0 unspecified atom stereocenters. The molecule has 0 aromatic carbocycles. The Balaban J connectivity index is 2.97. The van der Waals surface area contributed by atoms with Gasteiger partial charge in [-0.3, -0.25) is 4.79 Å². The van der Waals surface area contributed by atoms with Crippen molar-refractivity contribution in [1.82, 2.24) is 4.98 Å². The molecule has 0 radical (unpaired) electrons. The maximum absolute atomic E-state index is 10.9. The van der Waals surface area contributed by atoms with Crippen molar-refractivity contribution in [1.29, 1.82) is 0 Å². The number of rotatable bonds is 1. The first-order chi connectivity index (χ1) is 5.88. The Bertz CT molecular complexity index is 349. The van der Waals surface area contributed by atoms with Crippen molar-refractivity contribution >= 4 is 11.8 Å². The fraction of sp³-hybridized carbons (Fsp3) is 0.500. The van der Waals surface area contributed by atoms with Gasteiger partial charge in [-0.2, -0.15) is 0 Å². The van der Waals surface area contributed by atoms with Crippen LogP contribution >= 0.6 is 11.8 Å². The van der Waals surface area contributed by atoms with Crippen LogP contribution in [0.2, 0.25) is 0 Å². The highest BCUT2D eigenvalue weighted by molar-refractivity contribution is 8.00. The SMILES string of the molecule is Cc1[nH]c(=O)ccc1SC(C)(C)C. The van der Waals surface area contributed by atoms with Crippen molar-refractivity contribution in [2.75, 3.05) is 0 Å². The van der Waals surface area contributed by atoms with Gasteiger partial charge in [0.1, 0.15) is 0 Å². The molecule has 0 bridgehead atoms. The molecule has 1 aromatic rings. The Morgan fingerprint density at radius 1 is 1.31 bits per heavy atom. The first-order valence-corrected chi connectivity index (χ1v) is 5.09. The number of thioether (sulfide) groups is 1. The molecule has 13 heavy (non-hydrogen) atoms. The lowest BCUT2D eigenvalue weighted by atomic mass is 10.3. The van der Waals surface area contributed by atoms with E-state index in [0.717, 1.165) is 10.6 Å². The lowest BCUT2D eigenvalue weighted by Crippen LogP contribution is -2.10. The minimum atomic E-state index is -0.0317. The molecule has 1 N–H and O–H groups in total. The second-order valence-corrected chi connectivity index (χ2v) is 5.89. The number of aryl methyl sites for hydroxylation is 1. The Morgan fingerprint density at radius 3 is 2.38 bits per heavy atom. The van der Waals surface area contributed by atoms with Gasteiger partial charge < -0.3 is 4.98 Å². The molecule has 3 heteroatoms. The largest absolute Gasteiger partial charge is 0.325 e. The van der Waals surface area contributed by atoms with Gasteiger partial charge in [0.15, 0.2) is 0 Å². The maximum atomic E-state index is 10.9. The highest BCUT2D eigenvalue weighted by Crippen LogP contribution is 2.32. The average Bonchev–Trinajstić information content (AvgIpc) is 1.93. The Morgan fingerprint density at radius 2 is 1.92 bits per heavy atom. The molecule has 0 aliphatic heterocycles. The van der Waals surface area contributed by atoms with Crippen molar-refractivity contribution in [2.24, 2.45) is 0 Å². The van der Waals surface area contributed by atoms with E-state index in [1.54, 1.807) is 17.8 Å². The van der Waals surface area contributed by atoms with Gasteiger partial charge in [-0.05, 0) is 13.0 Å². The highest BCUT2D eigenvalue weighted by Gasteiger charge is 2.13. The van der Waals surface area contributed by atoms with Gasteiger partial charge in [-0.25, -0.2) is 0 Å². The summed E-state index contributed by atoms with van der Waals surface area (Å²) in [6, 6.07) is 3.45. The fourth-order valence-corrected chi connectivity index (χ4v) is 2.00. The zero-order valence-electron chi connectivity index (χ0n) is 8.47. The smallest absolute Gasteiger partial charge is 0.248 e. The first kappa shape index (κ1) is 10.4. The molecule has 1 heterocycles. The number of aromatic nitrogens is 1. The second-order valence-electron chi connectivity index (χ2n) is 4.03. The van der Waals surface area contributed by atoms with E-state index in [9.17, 15) is 4.79 Å². The minimum Gasteiger partial charge on any atom is -0.325 e. The standard InChI is InChI=1S/C10H15NOS/c1-7-8(13-10(2,3)4)5-6-9(12)11-7/h5-6H,1-4H3,(H,11,12). The van der Waals surface area contributed by atoms with Crippen molar-refractivity contribution < 1.29 is 0 Å².